The lowest BCUT2D eigenvalue weighted by Crippen LogP contribution is -2.47. The molecule has 0 amide bonds. The molecule has 1 saturated carbocycles. The van der Waals surface area contributed by atoms with E-state index in [1.807, 2.05) is 27.7 Å². The van der Waals surface area contributed by atoms with Crippen molar-refractivity contribution >= 4 is 28.0 Å². The van der Waals surface area contributed by atoms with Crippen LogP contribution in [-0.4, -0.2) is 61.5 Å². The lowest BCUT2D eigenvalue weighted by Gasteiger charge is -2.31. The fourth-order valence-corrected chi connectivity index (χ4v) is 5.19. The third-order valence-corrected chi connectivity index (χ3v) is 7.08. The minimum Gasteiger partial charge on any atom is -0.393 e. The van der Waals surface area contributed by atoms with Crippen molar-refractivity contribution < 1.29 is 5.11 Å². The Kier molecular flexibility index (Phi) is 5.43. The number of nitrogens with zero attached hydrogens (tertiary/aromatic N) is 7. The van der Waals surface area contributed by atoms with E-state index in [-0.39, 0.29) is 17.7 Å². The van der Waals surface area contributed by atoms with Gasteiger partial charge in [-0.25, -0.2) is 15.0 Å². The predicted molar refractivity (Wildman–Crippen MR) is 132 cm³/mol. The van der Waals surface area contributed by atoms with Crippen LogP contribution in [0, 0.1) is 11.3 Å². The molecule has 6 rings (SSSR count). The van der Waals surface area contributed by atoms with Gasteiger partial charge in [0.2, 0.25) is 0 Å². The number of nitrogens with one attached hydrogen (secondary N) is 1. The van der Waals surface area contributed by atoms with Crippen LogP contribution in [0.3, 0.4) is 0 Å². The van der Waals surface area contributed by atoms with Crippen molar-refractivity contribution in [2.24, 2.45) is 0 Å². The van der Waals surface area contributed by atoms with E-state index in [4.69, 9.17) is 9.97 Å². The summed E-state index contributed by atoms with van der Waals surface area (Å²) in [5.41, 5.74) is 3.14. The molecule has 35 heavy (non-hydrogen) atoms. The Morgan fingerprint density at radius 2 is 1.80 bits per heavy atom. The number of benzene rings is 1. The van der Waals surface area contributed by atoms with Crippen molar-refractivity contribution in [3.63, 3.8) is 0 Å². The molecular weight excluding hydrogens is 444 g/mol. The quantitative estimate of drug-likeness (QED) is 0.465. The molecule has 4 heterocycles. The minimum absolute atomic E-state index is 0.0504. The van der Waals surface area contributed by atoms with Gasteiger partial charge in [0.25, 0.3) is 5.56 Å². The molecule has 2 fully saturated rings. The number of aromatic nitrogens is 5. The number of hydrogen-bond donors (Lipinski definition) is 2. The van der Waals surface area contributed by atoms with Crippen LogP contribution in [0.25, 0.3) is 28.0 Å². The number of aliphatic hydroxyl groups is 1. The van der Waals surface area contributed by atoms with Crippen LogP contribution in [0.2, 0.25) is 0 Å². The monoisotopic (exact) mass is 470 g/mol. The lowest BCUT2D eigenvalue weighted by atomic mass is 9.93. The summed E-state index contributed by atoms with van der Waals surface area (Å²) in [6.07, 6.45) is 4.11. The van der Waals surface area contributed by atoms with Gasteiger partial charge in [0.15, 0.2) is 11.5 Å². The summed E-state index contributed by atoms with van der Waals surface area (Å²) >= 11 is 0. The normalized spacial score (nSPS) is 20.9. The number of rotatable bonds is 3. The summed E-state index contributed by atoms with van der Waals surface area (Å²) in [6.45, 7) is 3.07. The van der Waals surface area contributed by atoms with Crippen LogP contribution in [0.4, 0.5) is 5.82 Å². The Morgan fingerprint density at radius 3 is 2.57 bits per heavy atom. The summed E-state index contributed by atoms with van der Waals surface area (Å²) in [4.78, 5) is 30.0. The van der Waals surface area contributed by atoms with Gasteiger partial charge >= 0.3 is 0 Å². The van der Waals surface area contributed by atoms with Crippen LogP contribution in [0.1, 0.15) is 37.3 Å². The first kappa shape index (κ1) is 21.7. The fourth-order valence-electron chi connectivity index (χ4n) is 5.19. The van der Waals surface area contributed by atoms with E-state index in [1.165, 1.54) is 0 Å². The third-order valence-electron chi connectivity index (χ3n) is 7.08. The van der Waals surface area contributed by atoms with Crippen molar-refractivity contribution in [2.75, 3.05) is 31.1 Å². The number of pyridine rings is 1. The van der Waals surface area contributed by atoms with Gasteiger partial charge < -0.3 is 15.3 Å². The average molecular weight is 471 g/mol. The highest BCUT2D eigenvalue weighted by atomic mass is 16.3. The van der Waals surface area contributed by atoms with E-state index in [2.05, 4.69) is 16.4 Å². The molecule has 0 spiro atoms. The second kappa shape index (κ2) is 8.76. The first-order chi connectivity index (χ1) is 17.1. The number of piperazine rings is 1. The number of nitriles is 1. The molecule has 1 aliphatic heterocycles. The predicted octanol–water partition coefficient (Wildman–Crippen LogP) is 1.89. The summed E-state index contributed by atoms with van der Waals surface area (Å²) in [6, 6.07) is 11.2. The lowest BCUT2D eigenvalue weighted by molar-refractivity contribution is 0.111. The summed E-state index contributed by atoms with van der Waals surface area (Å²) in [7, 11) is 0. The molecule has 10 heteroatoms. The van der Waals surface area contributed by atoms with E-state index in [0.29, 0.717) is 54.0 Å². The van der Waals surface area contributed by atoms with Crippen molar-refractivity contribution in [1.82, 2.24) is 29.4 Å². The van der Waals surface area contributed by atoms with Gasteiger partial charge in [-0.05, 0) is 56.0 Å². The summed E-state index contributed by atoms with van der Waals surface area (Å²) in [5, 5.41) is 22.7. The van der Waals surface area contributed by atoms with Crippen molar-refractivity contribution in [3.8, 4) is 11.9 Å². The van der Waals surface area contributed by atoms with Crippen molar-refractivity contribution in [2.45, 2.75) is 37.8 Å². The highest BCUT2D eigenvalue weighted by Crippen LogP contribution is 2.30. The molecule has 1 saturated heterocycles. The zero-order valence-electron chi connectivity index (χ0n) is 19.3. The van der Waals surface area contributed by atoms with Gasteiger partial charge in [0, 0.05) is 32.2 Å². The molecule has 3 aromatic heterocycles. The fraction of sp³-hybridized carbons (Fsp3) is 0.400. The smallest absolute Gasteiger partial charge is 0.295 e. The average Bonchev–Trinajstić information content (AvgIpc) is 3.32. The SMILES string of the molecule is N#Cc1ccc2ncn(-c3ccc4nc(N5CCNCC5)c(=O)n(C5CCC(O)CC5)c4n3)c2c1. The maximum atomic E-state index is 13.8. The van der Waals surface area contributed by atoms with Gasteiger partial charge in [-0.3, -0.25) is 13.9 Å². The molecule has 2 aliphatic rings. The zero-order valence-corrected chi connectivity index (χ0v) is 19.3. The van der Waals surface area contributed by atoms with Crippen molar-refractivity contribution in [3.05, 3.63) is 52.6 Å². The Labute approximate surface area is 201 Å². The molecule has 10 nitrogen and oxygen atoms in total. The van der Waals surface area contributed by atoms with Crippen LogP contribution in [0.5, 0.6) is 0 Å². The van der Waals surface area contributed by atoms with E-state index in [9.17, 15) is 15.2 Å². The summed E-state index contributed by atoms with van der Waals surface area (Å²) in [5.74, 6) is 1.07. The minimum atomic E-state index is -0.321. The van der Waals surface area contributed by atoms with E-state index < -0.39 is 0 Å². The van der Waals surface area contributed by atoms with Gasteiger partial charge in [-0.1, -0.05) is 0 Å². The van der Waals surface area contributed by atoms with Gasteiger partial charge in [-0.2, -0.15) is 5.26 Å². The number of hydrogen-bond acceptors (Lipinski definition) is 8. The Hall–Kier alpha value is -3.81. The van der Waals surface area contributed by atoms with Crippen molar-refractivity contribution in [1.29, 1.82) is 5.26 Å². The standard InChI is InChI=1S/C25H26N8O2/c26-14-16-1-6-19-21(13-16)32(15-28-19)22-8-7-20-23(30-22)33(17-2-4-18(34)5-3-17)25(35)24(29-20)31-11-9-27-10-12-31/h1,6-8,13,15,17-18,27,34H,2-5,9-12H2. The number of anilines is 1. The molecule has 0 bridgehead atoms. The topological polar surface area (TPSA) is 125 Å². The molecule has 4 aromatic rings. The van der Waals surface area contributed by atoms with Crippen LogP contribution in [-0.2, 0) is 0 Å². The van der Waals surface area contributed by atoms with E-state index >= 15 is 0 Å². The molecule has 2 N–H and O–H groups in total. The zero-order chi connectivity index (χ0) is 23.9. The second-order valence-corrected chi connectivity index (χ2v) is 9.25. The molecule has 1 aromatic carbocycles. The molecule has 0 unspecified atom stereocenters. The van der Waals surface area contributed by atoms with Crippen LogP contribution in [0.15, 0.2) is 41.5 Å². The van der Waals surface area contributed by atoms with Gasteiger partial charge in [-0.15, -0.1) is 0 Å². The third kappa shape index (κ3) is 3.83. The van der Waals surface area contributed by atoms with Gasteiger partial charge in [0.1, 0.15) is 17.7 Å². The van der Waals surface area contributed by atoms with Crippen LogP contribution >= 0.6 is 0 Å². The van der Waals surface area contributed by atoms with E-state index in [1.54, 1.807) is 23.0 Å². The van der Waals surface area contributed by atoms with Crippen LogP contribution < -0.4 is 15.8 Å². The maximum absolute atomic E-state index is 13.8. The van der Waals surface area contributed by atoms with E-state index in [0.717, 1.165) is 37.2 Å². The molecule has 178 valence electrons. The van der Waals surface area contributed by atoms with Gasteiger partial charge in [0.05, 0.1) is 28.8 Å². The Balaban J connectivity index is 1.54. The Morgan fingerprint density at radius 1 is 1.03 bits per heavy atom. The highest BCUT2D eigenvalue weighted by molar-refractivity contribution is 5.80. The molecule has 0 radical (unpaired) electrons. The molecule has 1 aliphatic carbocycles. The summed E-state index contributed by atoms with van der Waals surface area (Å²) < 4.78 is 3.63. The number of aliphatic hydroxyl groups excluding tert-OH is 1. The highest BCUT2D eigenvalue weighted by Gasteiger charge is 2.27. The maximum Gasteiger partial charge on any atom is 0.295 e. The molecular formula is C25H26N8O2. The largest absolute Gasteiger partial charge is 0.393 e. The molecule has 0 atom stereocenters. The first-order valence-electron chi connectivity index (χ1n) is 12.1. The second-order valence-electron chi connectivity index (χ2n) is 9.25. The number of fused-ring (bicyclic) bond motifs is 2. The number of imidazole rings is 1. The Bertz CT molecular complexity index is 1500. The first-order valence-corrected chi connectivity index (χ1v) is 12.1.